The van der Waals surface area contributed by atoms with Gasteiger partial charge in [0.1, 0.15) is 18.2 Å². The third-order valence-corrected chi connectivity index (χ3v) is 2.70. The second-order valence-electron chi connectivity index (χ2n) is 3.68. The lowest BCUT2D eigenvalue weighted by Gasteiger charge is -2.14. The summed E-state index contributed by atoms with van der Waals surface area (Å²) in [4.78, 5) is 2.03. The maximum atomic E-state index is 7.49. The van der Waals surface area contributed by atoms with Crippen LogP contribution in [0.25, 0.3) is 0 Å². The Morgan fingerprint density at radius 2 is 2.19 bits per heavy atom. The number of likely N-dealkylation sites (N-methyl/N-ethyl adjacent to an activating group) is 1. The van der Waals surface area contributed by atoms with Gasteiger partial charge in [-0.25, -0.2) is 0 Å². The molecule has 1 rings (SSSR count). The minimum absolute atomic E-state index is 0.00679. The van der Waals surface area contributed by atoms with E-state index in [1.54, 1.807) is 0 Å². The highest BCUT2D eigenvalue weighted by Crippen LogP contribution is 2.26. The molecule has 0 saturated heterocycles. The highest BCUT2D eigenvalue weighted by Gasteiger charge is 2.10. The van der Waals surface area contributed by atoms with Gasteiger partial charge in [-0.15, -0.1) is 0 Å². The number of nitrogens with one attached hydrogen (secondary N) is 1. The largest absolute Gasteiger partial charge is 0.491 e. The quantitative estimate of drug-likeness (QED) is 0.639. The lowest BCUT2D eigenvalue weighted by molar-refractivity contribution is 0.261. The van der Waals surface area contributed by atoms with Gasteiger partial charge in [-0.05, 0) is 42.2 Å². The molecule has 0 aliphatic heterocycles. The number of nitrogen functional groups attached to an aromatic ring is 1. The normalized spacial score (nSPS) is 10.5. The summed E-state index contributed by atoms with van der Waals surface area (Å²) < 4.78 is 6.38. The Morgan fingerprint density at radius 3 is 2.75 bits per heavy atom. The Kier molecular flexibility index (Phi) is 4.76. The van der Waals surface area contributed by atoms with Gasteiger partial charge in [0.25, 0.3) is 0 Å². The molecule has 3 N–H and O–H groups in total. The number of rotatable bonds is 5. The first-order valence-electron chi connectivity index (χ1n) is 4.93. The van der Waals surface area contributed by atoms with Gasteiger partial charge in [0.15, 0.2) is 0 Å². The van der Waals surface area contributed by atoms with Crippen LogP contribution >= 0.6 is 15.9 Å². The summed E-state index contributed by atoms with van der Waals surface area (Å²) in [6, 6.07) is 5.52. The van der Waals surface area contributed by atoms with Crippen LogP contribution in [-0.4, -0.2) is 38.0 Å². The van der Waals surface area contributed by atoms with Crippen molar-refractivity contribution in [3.8, 4) is 5.75 Å². The molecule has 0 atom stereocenters. The fourth-order valence-electron chi connectivity index (χ4n) is 1.22. The van der Waals surface area contributed by atoms with Crippen LogP contribution < -0.4 is 10.5 Å². The lowest BCUT2D eigenvalue weighted by atomic mass is 10.2. The average Bonchev–Trinajstić information content (AvgIpc) is 2.16. The number of hydrogen-bond donors (Lipinski definition) is 2. The summed E-state index contributed by atoms with van der Waals surface area (Å²) >= 11 is 3.36. The molecule has 0 radical (unpaired) electrons. The van der Waals surface area contributed by atoms with Crippen molar-refractivity contribution in [2.45, 2.75) is 0 Å². The van der Waals surface area contributed by atoms with Gasteiger partial charge in [0, 0.05) is 11.0 Å². The van der Waals surface area contributed by atoms with Crippen molar-refractivity contribution in [3.63, 3.8) is 0 Å². The van der Waals surface area contributed by atoms with Crippen molar-refractivity contribution >= 4 is 21.8 Å². The van der Waals surface area contributed by atoms with Crippen LogP contribution in [0.1, 0.15) is 5.56 Å². The fourth-order valence-corrected chi connectivity index (χ4v) is 1.79. The van der Waals surface area contributed by atoms with E-state index in [4.69, 9.17) is 15.9 Å². The molecule has 0 aliphatic carbocycles. The molecule has 0 fully saturated rings. The first-order chi connectivity index (χ1) is 7.52. The summed E-state index contributed by atoms with van der Waals surface area (Å²) in [6.45, 7) is 1.40. The molecule has 16 heavy (non-hydrogen) atoms. The third-order valence-electron chi connectivity index (χ3n) is 2.04. The predicted octanol–water partition coefficient (Wildman–Crippen LogP) is 1.67. The fraction of sp³-hybridized carbons (Fsp3) is 0.364. The van der Waals surface area contributed by atoms with Crippen molar-refractivity contribution < 1.29 is 4.74 Å². The van der Waals surface area contributed by atoms with Gasteiger partial charge in [0.2, 0.25) is 0 Å². The minimum Gasteiger partial charge on any atom is -0.491 e. The van der Waals surface area contributed by atoms with E-state index in [1.807, 2.05) is 37.2 Å². The second kappa shape index (κ2) is 5.86. The molecule has 0 unspecified atom stereocenters. The van der Waals surface area contributed by atoms with E-state index < -0.39 is 0 Å². The molecule has 1 aromatic rings. The molecule has 1 aromatic carbocycles. The standard InChI is InChI=1S/C11H16BrN3O/c1-15(2)6-7-16-9-5-3-4-8(12)10(9)11(13)14/h3-5H,6-7H2,1-2H3,(H3,13,14). The van der Waals surface area contributed by atoms with Gasteiger partial charge in [-0.1, -0.05) is 6.07 Å². The zero-order valence-electron chi connectivity index (χ0n) is 9.46. The van der Waals surface area contributed by atoms with Crippen molar-refractivity contribution in [1.82, 2.24) is 4.90 Å². The number of nitrogens with zero attached hydrogens (tertiary/aromatic N) is 1. The van der Waals surface area contributed by atoms with Gasteiger partial charge < -0.3 is 15.4 Å². The van der Waals surface area contributed by atoms with E-state index in [0.717, 1.165) is 11.0 Å². The Hall–Kier alpha value is -1.07. The zero-order chi connectivity index (χ0) is 12.1. The maximum absolute atomic E-state index is 7.49. The van der Waals surface area contributed by atoms with E-state index in [0.29, 0.717) is 17.9 Å². The first kappa shape index (κ1) is 13.0. The summed E-state index contributed by atoms with van der Waals surface area (Å²) in [7, 11) is 3.96. The molecule has 4 nitrogen and oxygen atoms in total. The molecular weight excluding hydrogens is 270 g/mol. The van der Waals surface area contributed by atoms with Gasteiger partial charge in [-0.2, -0.15) is 0 Å². The van der Waals surface area contributed by atoms with Crippen LogP contribution in [0, 0.1) is 5.41 Å². The van der Waals surface area contributed by atoms with Crippen LogP contribution in [0.5, 0.6) is 5.75 Å². The highest BCUT2D eigenvalue weighted by atomic mass is 79.9. The number of nitrogens with two attached hydrogens (primary N) is 1. The van der Waals surface area contributed by atoms with E-state index in [1.165, 1.54) is 0 Å². The molecule has 0 saturated carbocycles. The van der Waals surface area contributed by atoms with Crippen LogP contribution in [0.3, 0.4) is 0 Å². The number of hydrogen-bond acceptors (Lipinski definition) is 3. The molecule has 0 aliphatic rings. The molecule has 0 spiro atoms. The SMILES string of the molecule is CN(C)CCOc1cccc(Br)c1C(=N)N. The minimum atomic E-state index is 0.00679. The second-order valence-corrected chi connectivity index (χ2v) is 4.53. The van der Waals surface area contributed by atoms with Crippen LogP contribution in [-0.2, 0) is 0 Å². The van der Waals surface area contributed by atoms with E-state index in [2.05, 4.69) is 15.9 Å². The molecule has 88 valence electrons. The van der Waals surface area contributed by atoms with Gasteiger partial charge in [0.05, 0.1) is 5.56 Å². The number of halogens is 1. The Balaban J connectivity index is 2.79. The van der Waals surface area contributed by atoms with E-state index in [9.17, 15) is 0 Å². The predicted molar refractivity (Wildman–Crippen MR) is 69.2 cm³/mol. The topological polar surface area (TPSA) is 62.3 Å². The molecule has 0 bridgehead atoms. The molecule has 0 aromatic heterocycles. The van der Waals surface area contributed by atoms with E-state index in [-0.39, 0.29) is 5.84 Å². The first-order valence-corrected chi connectivity index (χ1v) is 5.72. The summed E-state index contributed by atoms with van der Waals surface area (Å²) in [5.41, 5.74) is 6.12. The van der Waals surface area contributed by atoms with Crippen LogP contribution in [0.4, 0.5) is 0 Å². The Labute approximate surface area is 104 Å². The van der Waals surface area contributed by atoms with E-state index >= 15 is 0 Å². The molecule has 0 heterocycles. The number of benzene rings is 1. The lowest BCUT2D eigenvalue weighted by Crippen LogP contribution is -2.21. The average molecular weight is 286 g/mol. The Bertz CT molecular complexity index is 379. The molecular formula is C11H16BrN3O. The van der Waals surface area contributed by atoms with Crippen LogP contribution in [0.15, 0.2) is 22.7 Å². The summed E-state index contributed by atoms with van der Waals surface area (Å²) in [6.07, 6.45) is 0. The molecule has 0 amide bonds. The molecule has 5 heteroatoms. The summed E-state index contributed by atoms with van der Waals surface area (Å²) in [5, 5.41) is 7.49. The van der Waals surface area contributed by atoms with Gasteiger partial charge in [-0.3, -0.25) is 5.41 Å². The maximum Gasteiger partial charge on any atom is 0.131 e. The third kappa shape index (κ3) is 3.50. The van der Waals surface area contributed by atoms with Crippen LogP contribution in [0.2, 0.25) is 0 Å². The number of ether oxygens (including phenoxy) is 1. The van der Waals surface area contributed by atoms with Crippen molar-refractivity contribution in [3.05, 3.63) is 28.2 Å². The number of amidine groups is 1. The van der Waals surface area contributed by atoms with Crippen molar-refractivity contribution in [2.24, 2.45) is 5.73 Å². The monoisotopic (exact) mass is 285 g/mol. The van der Waals surface area contributed by atoms with Gasteiger partial charge >= 0.3 is 0 Å². The van der Waals surface area contributed by atoms with Crippen molar-refractivity contribution in [2.75, 3.05) is 27.2 Å². The summed E-state index contributed by atoms with van der Waals surface area (Å²) in [5.74, 6) is 0.649. The smallest absolute Gasteiger partial charge is 0.131 e. The Morgan fingerprint density at radius 1 is 1.50 bits per heavy atom. The highest BCUT2D eigenvalue weighted by molar-refractivity contribution is 9.10. The van der Waals surface area contributed by atoms with Crippen molar-refractivity contribution in [1.29, 1.82) is 5.41 Å². The zero-order valence-corrected chi connectivity index (χ0v) is 11.0.